The molecule has 4 heteroatoms. The monoisotopic (exact) mass is 269 g/mol. The molecule has 3 N–H and O–H groups in total. The van der Waals surface area contributed by atoms with E-state index >= 15 is 0 Å². The molecule has 0 aliphatic rings. The fourth-order valence-electron chi connectivity index (χ4n) is 2.00. The van der Waals surface area contributed by atoms with Crippen LogP contribution in [0.4, 0.5) is 0 Å². The Labute approximate surface area is 115 Å². The lowest BCUT2D eigenvalue weighted by molar-refractivity contribution is 0.302. The largest absolute Gasteiger partial charge is 0.330 e. The lowest BCUT2D eigenvalue weighted by Crippen LogP contribution is -2.20. The highest BCUT2D eigenvalue weighted by Gasteiger charge is 2.15. The SMILES string of the molecule is CCc1cnc(CNCCCC(C)(C)CCN)s1. The minimum absolute atomic E-state index is 0.382. The summed E-state index contributed by atoms with van der Waals surface area (Å²) in [4.78, 5) is 5.77. The van der Waals surface area contributed by atoms with Crippen LogP contribution < -0.4 is 11.1 Å². The van der Waals surface area contributed by atoms with Gasteiger partial charge in [-0.15, -0.1) is 11.3 Å². The molecule has 0 aliphatic carbocycles. The summed E-state index contributed by atoms with van der Waals surface area (Å²) in [5.74, 6) is 0. The van der Waals surface area contributed by atoms with Crippen LogP contribution in [0.15, 0.2) is 6.20 Å². The first-order valence-corrected chi connectivity index (χ1v) is 7.73. The van der Waals surface area contributed by atoms with Crippen molar-refractivity contribution in [1.29, 1.82) is 0 Å². The maximum absolute atomic E-state index is 5.61. The zero-order valence-corrected chi connectivity index (χ0v) is 12.8. The number of thiazole rings is 1. The van der Waals surface area contributed by atoms with Crippen molar-refractivity contribution in [2.75, 3.05) is 13.1 Å². The Morgan fingerprint density at radius 3 is 2.78 bits per heavy atom. The van der Waals surface area contributed by atoms with Crippen molar-refractivity contribution in [1.82, 2.24) is 10.3 Å². The first-order valence-electron chi connectivity index (χ1n) is 6.92. The van der Waals surface area contributed by atoms with Crippen LogP contribution in [-0.4, -0.2) is 18.1 Å². The third kappa shape index (κ3) is 5.94. The van der Waals surface area contributed by atoms with Gasteiger partial charge >= 0.3 is 0 Å². The molecule has 0 atom stereocenters. The van der Waals surface area contributed by atoms with E-state index in [-0.39, 0.29) is 0 Å². The van der Waals surface area contributed by atoms with Crippen molar-refractivity contribution >= 4 is 11.3 Å². The second-order valence-electron chi connectivity index (χ2n) is 5.56. The van der Waals surface area contributed by atoms with E-state index in [1.165, 1.54) is 22.7 Å². The van der Waals surface area contributed by atoms with E-state index in [4.69, 9.17) is 5.73 Å². The third-order valence-corrected chi connectivity index (χ3v) is 4.40. The molecule has 1 aromatic heterocycles. The van der Waals surface area contributed by atoms with Crippen LogP contribution in [-0.2, 0) is 13.0 Å². The Kier molecular flexibility index (Phi) is 6.82. The molecule has 0 aliphatic heterocycles. The molecule has 0 saturated heterocycles. The van der Waals surface area contributed by atoms with E-state index < -0.39 is 0 Å². The predicted molar refractivity (Wildman–Crippen MR) is 79.9 cm³/mol. The van der Waals surface area contributed by atoms with Crippen molar-refractivity contribution in [3.63, 3.8) is 0 Å². The number of aromatic nitrogens is 1. The molecule has 0 bridgehead atoms. The molecule has 0 aromatic carbocycles. The van der Waals surface area contributed by atoms with Crippen molar-refractivity contribution in [3.05, 3.63) is 16.1 Å². The molecule has 3 nitrogen and oxygen atoms in total. The van der Waals surface area contributed by atoms with Gasteiger partial charge in [0.15, 0.2) is 0 Å². The predicted octanol–water partition coefficient (Wildman–Crippen LogP) is 2.95. The summed E-state index contributed by atoms with van der Waals surface area (Å²) in [7, 11) is 0. The van der Waals surface area contributed by atoms with Crippen LogP contribution in [0.5, 0.6) is 0 Å². The van der Waals surface area contributed by atoms with Crippen molar-refractivity contribution in [2.45, 2.75) is 53.0 Å². The Hall–Kier alpha value is -0.450. The van der Waals surface area contributed by atoms with Crippen LogP contribution in [0.2, 0.25) is 0 Å². The molecule has 1 heterocycles. The van der Waals surface area contributed by atoms with E-state index in [9.17, 15) is 0 Å². The summed E-state index contributed by atoms with van der Waals surface area (Å²) in [5, 5.41) is 4.67. The number of hydrogen-bond donors (Lipinski definition) is 2. The average molecular weight is 269 g/mol. The van der Waals surface area contributed by atoms with E-state index in [1.54, 1.807) is 0 Å². The van der Waals surface area contributed by atoms with Crippen LogP contribution in [0, 0.1) is 5.41 Å². The number of nitrogens with zero attached hydrogens (tertiary/aromatic N) is 1. The molecule has 0 spiro atoms. The van der Waals surface area contributed by atoms with Crippen LogP contribution >= 0.6 is 11.3 Å². The van der Waals surface area contributed by atoms with Gasteiger partial charge in [-0.25, -0.2) is 4.98 Å². The van der Waals surface area contributed by atoms with Gasteiger partial charge < -0.3 is 11.1 Å². The lowest BCUT2D eigenvalue weighted by Gasteiger charge is -2.23. The van der Waals surface area contributed by atoms with Crippen LogP contribution in [0.3, 0.4) is 0 Å². The first kappa shape index (κ1) is 15.6. The molecule has 0 saturated carbocycles. The number of aryl methyl sites for hydroxylation is 1. The van der Waals surface area contributed by atoms with Gasteiger partial charge in [-0.3, -0.25) is 0 Å². The molecular weight excluding hydrogens is 242 g/mol. The fourth-order valence-corrected chi connectivity index (χ4v) is 2.83. The molecule has 18 heavy (non-hydrogen) atoms. The minimum Gasteiger partial charge on any atom is -0.330 e. The molecule has 104 valence electrons. The fraction of sp³-hybridized carbons (Fsp3) is 0.786. The van der Waals surface area contributed by atoms with Crippen molar-refractivity contribution in [3.8, 4) is 0 Å². The minimum atomic E-state index is 0.382. The first-order chi connectivity index (χ1) is 8.57. The normalized spacial score (nSPS) is 12.0. The average Bonchev–Trinajstić information content (AvgIpc) is 2.76. The lowest BCUT2D eigenvalue weighted by atomic mass is 9.84. The maximum Gasteiger partial charge on any atom is 0.107 e. The van der Waals surface area contributed by atoms with Gasteiger partial charge in [0.1, 0.15) is 5.01 Å². The Bertz CT molecular complexity index is 334. The van der Waals surface area contributed by atoms with Crippen molar-refractivity contribution in [2.24, 2.45) is 11.1 Å². The smallest absolute Gasteiger partial charge is 0.107 e. The van der Waals surface area contributed by atoms with E-state index in [2.05, 4.69) is 31.1 Å². The summed E-state index contributed by atoms with van der Waals surface area (Å²) in [6.07, 6.45) is 6.63. The maximum atomic E-state index is 5.61. The molecule has 0 fully saturated rings. The zero-order valence-electron chi connectivity index (χ0n) is 12.0. The summed E-state index contributed by atoms with van der Waals surface area (Å²) in [5.41, 5.74) is 6.00. The number of nitrogens with one attached hydrogen (secondary N) is 1. The standard InChI is InChI=1S/C14H27N3S/c1-4-12-10-17-13(18-12)11-16-9-5-6-14(2,3)7-8-15/h10,16H,4-9,11,15H2,1-3H3. The Morgan fingerprint density at radius 2 is 2.17 bits per heavy atom. The van der Waals surface area contributed by atoms with Crippen LogP contribution in [0.25, 0.3) is 0 Å². The van der Waals surface area contributed by atoms with Gasteiger partial charge in [0.2, 0.25) is 0 Å². The summed E-state index contributed by atoms with van der Waals surface area (Å²) >= 11 is 1.81. The van der Waals surface area contributed by atoms with Gasteiger partial charge in [-0.05, 0) is 44.2 Å². The highest BCUT2D eigenvalue weighted by Crippen LogP contribution is 2.25. The molecule has 1 aromatic rings. The molecular formula is C14H27N3S. The van der Waals surface area contributed by atoms with Gasteiger partial charge in [0.25, 0.3) is 0 Å². The summed E-state index contributed by atoms with van der Waals surface area (Å²) in [6.45, 7) is 9.53. The van der Waals surface area contributed by atoms with Gasteiger partial charge in [-0.2, -0.15) is 0 Å². The van der Waals surface area contributed by atoms with E-state index in [1.807, 2.05) is 17.5 Å². The molecule has 0 radical (unpaired) electrons. The zero-order chi connectivity index (χ0) is 13.4. The van der Waals surface area contributed by atoms with Crippen LogP contribution in [0.1, 0.15) is 49.9 Å². The summed E-state index contributed by atoms with van der Waals surface area (Å²) < 4.78 is 0. The number of hydrogen-bond acceptors (Lipinski definition) is 4. The molecule has 0 unspecified atom stereocenters. The highest BCUT2D eigenvalue weighted by molar-refractivity contribution is 7.11. The van der Waals surface area contributed by atoms with Gasteiger partial charge in [-0.1, -0.05) is 20.8 Å². The number of nitrogens with two attached hydrogens (primary N) is 1. The second kappa shape index (κ2) is 7.87. The highest BCUT2D eigenvalue weighted by atomic mass is 32.1. The Morgan fingerprint density at radius 1 is 1.39 bits per heavy atom. The van der Waals surface area contributed by atoms with Gasteiger partial charge in [0.05, 0.1) is 0 Å². The van der Waals surface area contributed by atoms with E-state index in [0.717, 1.165) is 32.5 Å². The third-order valence-electron chi connectivity index (χ3n) is 3.25. The second-order valence-corrected chi connectivity index (χ2v) is 6.76. The quantitative estimate of drug-likeness (QED) is 0.678. The topological polar surface area (TPSA) is 50.9 Å². The van der Waals surface area contributed by atoms with Crippen molar-refractivity contribution < 1.29 is 0 Å². The molecule has 1 rings (SSSR count). The number of rotatable bonds is 9. The summed E-state index contributed by atoms with van der Waals surface area (Å²) in [6, 6.07) is 0. The Balaban J connectivity index is 2.11. The van der Waals surface area contributed by atoms with E-state index in [0.29, 0.717) is 5.41 Å². The molecule has 0 amide bonds. The van der Waals surface area contributed by atoms with Gasteiger partial charge in [0, 0.05) is 17.6 Å².